The molecular formula is C10H13N3O2S. The number of rotatable bonds is 4. The van der Waals surface area contributed by atoms with Gasteiger partial charge >= 0.3 is 5.69 Å². The van der Waals surface area contributed by atoms with Gasteiger partial charge in [0.2, 0.25) is 0 Å². The minimum atomic E-state index is -0.624. The third kappa shape index (κ3) is 2.76. The molecule has 1 rings (SSSR count). The quantitative estimate of drug-likeness (QED) is 0.839. The molecule has 86 valence electrons. The molecule has 1 aromatic heterocycles. The van der Waals surface area contributed by atoms with Crippen LogP contribution in [0, 0.1) is 11.3 Å². The fourth-order valence-corrected chi connectivity index (χ4v) is 1.90. The maximum atomic E-state index is 11.5. The van der Waals surface area contributed by atoms with Crippen LogP contribution in [0.1, 0.15) is 24.9 Å². The molecule has 1 atom stereocenters. The number of nitriles is 1. The molecule has 0 aliphatic rings. The largest absolute Gasteiger partial charge is 0.328 e. The number of nitrogens with one attached hydrogen (secondary N) is 1. The van der Waals surface area contributed by atoms with Crippen molar-refractivity contribution in [1.82, 2.24) is 9.55 Å². The first-order valence-electron chi connectivity index (χ1n) is 4.84. The van der Waals surface area contributed by atoms with Crippen molar-refractivity contribution in [2.24, 2.45) is 0 Å². The van der Waals surface area contributed by atoms with E-state index in [0.717, 1.165) is 12.2 Å². The number of hydrogen-bond donors (Lipinski definition) is 1. The zero-order chi connectivity index (χ0) is 12.1. The van der Waals surface area contributed by atoms with Crippen molar-refractivity contribution in [1.29, 1.82) is 5.26 Å². The van der Waals surface area contributed by atoms with Gasteiger partial charge < -0.3 is 0 Å². The van der Waals surface area contributed by atoms with Crippen LogP contribution in [0.25, 0.3) is 0 Å². The standard InChI is InChI=1S/C10H13N3O2S/c1-7(3-4-16-2)13-6-8(5-11)9(14)12-10(13)15/h6-7H,3-4H2,1-2H3,(H,12,14,15). The van der Waals surface area contributed by atoms with Gasteiger partial charge in [0.15, 0.2) is 0 Å². The van der Waals surface area contributed by atoms with E-state index < -0.39 is 11.2 Å². The van der Waals surface area contributed by atoms with Gasteiger partial charge in [-0.2, -0.15) is 17.0 Å². The highest BCUT2D eigenvalue weighted by Gasteiger charge is 2.09. The van der Waals surface area contributed by atoms with Gasteiger partial charge in [0.1, 0.15) is 11.6 Å². The van der Waals surface area contributed by atoms with E-state index in [2.05, 4.69) is 4.98 Å². The first-order chi connectivity index (χ1) is 7.60. The topological polar surface area (TPSA) is 78.7 Å². The molecule has 0 amide bonds. The van der Waals surface area contributed by atoms with Crippen LogP contribution < -0.4 is 11.2 Å². The van der Waals surface area contributed by atoms with Crippen LogP contribution in [0.4, 0.5) is 0 Å². The molecule has 0 fully saturated rings. The lowest BCUT2D eigenvalue weighted by molar-refractivity contribution is 0.505. The van der Waals surface area contributed by atoms with Gasteiger partial charge in [-0.15, -0.1) is 0 Å². The van der Waals surface area contributed by atoms with Crippen molar-refractivity contribution in [3.8, 4) is 6.07 Å². The molecule has 0 saturated carbocycles. The number of aromatic nitrogens is 2. The number of aromatic amines is 1. The summed E-state index contributed by atoms with van der Waals surface area (Å²) in [5, 5.41) is 8.70. The lowest BCUT2D eigenvalue weighted by Crippen LogP contribution is -2.32. The summed E-state index contributed by atoms with van der Waals surface area (Å²) in [4.78, 5) is 24.8. The van der Waals surface area contributed by atoms with Gasteiger partial charge in [0.25, 0.3) is 5.56 Å². The van der Waals surface area contributed by atoms with Crippen molar-refractivity contribution >= 4 is 11.8 Å². The van der Waals surface area contributed by atoms with Gasteiger partial charge in [0.05, 0.1) is 0 Å². The Hall–Kier alpha value is -1.48. The monoisotopic (exact) mass is 239 g/mol. The summed E-state index contributed by atoms with van der Waals surface area (Å²) >= 11 is 1.69. The Morgan fingerprint density at radius 3 is 2.88 bits per heavy atom. The zero-order valence-corrected chi connectivity index (χ0v) is 10.0. The second-order valence-corrected chi connectivity index (χ2v) is 4.44. The first-order valence-corrected chi connectivity index (χ1v) is 6.24. The van der Waals surface area contributed by atoms with Gasteiger partial charge in [-0.25, -0.2) is 4.79 Å². The Labute approximate surface area is 97.1 Å². The van der Waals surface area contributed by atoms with Crippen molar-refractivity contribution in [2.75, 3.05) is 12.0 Å². The van der Waals surface area contributed by atoms with Crippen LogP contribution >= 0.6 is 11.8 Å². The molecule has 16 heavy (non-hydrogen) atoms. The second kappa shape index (κ2) is 5.56. The molecule has 1 heterocycles. The highest BCUT2D eigenvalue weighted by atomic mass is 32.2. The summed E-state index contributed by atoms with van der Waals surface area (Å²) in [7, 11) is 0. The molecule has 0 saturated heterocycles. The van der Waals surface area contributed by atoms with E-state index in [1.54, 1.807) is 17.8 Å². The number of H-pyrrole nitrogens is 1. The molecule has 1 aromatic rings. The molecule has 1 N–H and O–H groups in total. The zero-order valence-electron chi connectivity index (χ0n) is 9.19. The van der Waals surface area contributed by atoms with Crippen LogP contribution in [0.5, 0.6) is 0 Å². The van der Waals surface area contributed by atoms with Crippen LogP contribution in [-0.2, 0) is 0 Å². The molecule has 0 bridgehead atoms. The van der Waals surface area contributed by atoms with Crippen LogP contribution in [0.3, 0.4) is 0 Å². The molecule has 0 aliphatic heterocycles. The van der Waals surface area contributed by atoms with Crippen molar-refractivity contribution in [2.45, 2.75) is 19.4 Å². The van der Waals surface area contributed by atoms with Crippen LogP contribution in [0.15, 0.2) is 15.8 Å². The summed E-state index contributed by atoms with van der Waals surface area (Å²) in [6, 6.07) is 1.74. The van der Waals surface area contributed by atoms with Crippen molar-refractivity contribution in [3.63, 3.8) is 0 Å². The molecular weight excluding hydrogens is 226 g/mol. The lowest BCUT2D eigenvalue weighted by atomic mass is 10.2. The Morgan fingerprint density at radius 2 is 2.31 bits per heavy atom. The van der Waals surface area contributed by atoms with Gasteiger partial charge in [-0.1, -0.05) is 0 Å². The number of thioether (sulfide) groups is 1. The molecule has 5 nitrogen and oxygen atoms in total. The maximum Gasteiger partial charge on any atom is 0.328 e. The first kappa shape index (κ1) is 12.6. The van der Waals surface area contributed by atoms with E-state index in [0.29, 0.717) is 0 Å². The van der Waals surface area contributed by atoms with E-state index in [9.17, 15) is 9.59 Å². The summed E-state index contributed by atoms with van der Waals surface area (Å²) in [6.07, 6.45) is 4.13. The van der Waals surface area contributed by atoms with Gasteiger partial charge in [-0.05, 0) is 25.4 Å². The van der Waals surface area contributed by atoms with Crippen molar-refractivity contribution < 1.29 is 0 Å². The average Bonchev–Trinajstić information content (AvgIpc) is 2.26. The van der Waals surface area contributed by atoms with Gasteiger partial charge in [-0.3, -0.25) is 14.3 Å². The fraction of sp³-hybridized carbons (Fsp3) is 0.500. The highest BCUT2D eigenvalue weighted by molar-refractivity contribution is 7.98. The lowest BCUT2D eigenvalue weighted by Gasteiger charge is -2.13. The maximum absolute atomic E-state index is 11.5. The van der Waals surface area contributed by atoms with E-state index >= 15 is 0 Å². The molecule has 0 radical (unpaired) electrons. The second-order valence-electron chi connectivity index (χ2n) is 3.45. The van der Waals surface area contributed by atoms with Crippen LogP contribution in [-0.4, -0.2) is 21.6 Å². The predicted octanol–water partition coefficient (Wildman–Crippen LogP) is 0.722. The Kier molecular flexibility index (Phi) is 4.38. The summed E-state index contributed by atoms with van der Waals surface area (Å²) in [6.45, 7) is 1.89. The van der Waals surface area contributed by atoms with E-state index in [1.807, 2.05) is 13.2 Å². The average molecular weight is 239 g/mol. The highest BCUT2D eigenvalue weighted by Crippen LogP contribution is 2.10. The molecule has 0 spiro atoms. The third-order valence-electron chi connectivity index (χ3n) is 2.30. The van der Waals surface area contributed by atoms with E-state index in [-0.39, 0.29) is 11.6 Å². The third-order valence-corrected chi connectivity index (χ3v) is 2.95. The van der Waals surface area contributed by atoms with Gasteiger partial charge in [0, 0.05) is 12.2 Å². The SMILES string of the molecule is CSCCC(C)n1cc(C#N)c(=O)[nH]c1=O. The van der Waals surface area contributed by atoms with Crippen molar-refractivity contribution in [3.05, 3.63) is 32.6 Å². The van der Waals surface area contributed by atoms with Crippen LogP contribution in [0.2, 0.25) is 0 Å². The smallest absolute Gasteiger partial charge is 0.296 e. The molecule has 6 heteroatoms. The molecule has 1 unspecified atom stereocenters. The minimum Gasteiger partial charge on any atom is -0.296 e. The van der Waals surface area contributed by atoms with E-state index in [1.165, 1.54) is 10.8 Å². The minimum absolute atomic E-state index is 0.0242. The predicted molar refractivity (Wildman–Crippen MR) is 63.7 cm³/mol. The van der Waals surface area contributed by atoms with E-state index in [4.69, 9.17) is 5.26 Å². The number of hydrogen-bond acceptors (Lipinski definition) is 4. The summed E-state index contributed by atoms with van der Waals surface area (Å²) < 4.78 is 1.40. The Balaban J connectivity index is 3.10. The molecule has 0 aliphatic carbocycles. The normalized spacial score (nSPS) is 12.1. The fourth-order valence-electron chi connectivity index (χ4n) is 1.32. The summed E-state index contributed by atoms with van der Waals surface area (Å²) in [5.41, 5.74) is -1.12. The molecule has 0 aromatic carbocycles. The Bertz CT molecular complexity index is 512. The summed E-state index contributed by atoms with van der Waals surface area (Å²) in [5.74, 6) is 0.925. The number of nitrogens with zero attached hydrogens (tertiary/aromatic N) is 2. The Morgan fingerprint density at radius 1 is 1.62 bits per heavy atom.